The number of ether oxygens (including phenoxy) is 1. The molecule has 0 atom stereocenters. The van der Waals surface area contributed by atoms with E-state index in [9.17, 15) is 4.79 Å². The zero-order valence-electron chi connectivity index (χ0n) is 8.26. The average molecular weight is 227 g/mol. The fourth-order valence-corrected chi connectivity index (χ4v) is 1.58. The highest BCUT2D eigenvalue weighted by Gasteiger charge is 1.97. The summed E-state index contributed by atoms with van der Waals surface area (Å²) < 4.78 is 5.39. The molecule has 0 saturated carbocycles. The summed E-state index contributed by atoms with van der Waals surface area (Å²) in [6.45, 7) is 0.596. The van der Waals surface area contributed by atoms with Crippen LogP contribution in [0.25, 0.3) is 0 Å². The topological polar surface area (TPSA) is 59.4 Å². The Hall–Kier alpha value is -1.23. The first-order valence-electron chi connectivity index (χ1n) is 4.61. The van der Waals surface area contributed by atoms with Crippen LogP contribution in [-0.4, -0.2) is 34.2 Å². The predicted octanol–water partition coefficient (Wildman–Crippen LogP) is 1.67. The van der Waals surface area contributed by atoms with E-state index in [1.54, 1.807) is 12.4 Å². The van der Waals surface area contributed by atoms with Gasteiger partial charge in [0.15, 0.2) is 0 Å². The molecule has 0 bridgehead atoms. The normalized spacial score (nSPS) is 9.87. The van der Waals surface area contributed by atoms with E-state index in [1.165, 1.54) is 11.8 Å². The van der Waals surface area contributed by atoms with Gasteiger partial charge in [0, 0.05) is 6.20 Å². The van der Waals surface area contributed by atoms with E-state index in [0.717, 1.165) is 17.9 Å². The summed E-state index contributed by atoms with van der Waals surface area (Å²) in [5.41, 5.74) is 0. The third-order valence-corrected chi connectivity index (χ3v) is 2.59. The molecule has 0 saturated heterocycles. The third kappa shape index (κ3) is 5.96. The van der Waals surface area contributed by atoms with E-state index in [0.29, 0.717) is 6.61 Å². The minimum atomic E-state index is -0.770. The summed E-state index contributed by atoms with van der Waals surface area (Å²) in [6, 6.07) is 3.66. The maximum atomic E-state index is 10.2. The zero-order chi connectivity index (χ0) is 10.9. The van der Waals surface area contributed by atoms with E-state index in [1.807, 2.05) is 12.1 Å². The molecule has 0 radical (unpaired) electrons. The van der Waals surface area contributed by atoms with Crippen molar-refractivity contribution < 1.29 is 14.6 Å². The summed E-state index contributed by atoms with van der Waals surface area (Å²) in [5, 5.41) is 8.39. The van der Waals surface area contributed by atoms with Gasteiger partial charge in [0.25, 0.3) is 0 Å². The largest absolute Gasteiger partial charge is 0.492 e. The van der Waals surface area contributed by atoms with Gasteiger partial charge < -0.3 is 9.84 Å². The lowest BCUT2D eigenvalue weighted by atomic mass is 10.4. The highest BCUT2D eigenvalue weighted by atomic mass is 32.2. The van der Waals surface area contributed by atoms with Gasteiger partial charge in [-0.05, 0) is 24.3 Å². The van der Waals surface area contributed by atoms with E-state index in [2.05, 4.69) is 4.98 Å². The zero-order valence-corrected chi connectivity index (χ0v) is 9.07. The lowest BCUT2D eigenvalue weighted by Gasteiger charge is -2.04. The number of hydrogen-bond donors (Lipinski definition) is 1. The fourth-order valence-electron chi connectivity index (χ4n) is 0.943. The van der Waals surface area contributed by atoms with Gasteiger partial charge in [-0.25, -0.2) is 0 Å². The molecule has 1 aromatic rings. The first-order chi connectivity index (χ1) is 7.29. The standard InChI is InChI=1S/C10H13NO3S/c12-10(13)8-15-6-2-5-14-9-3-1-4-11-7-9/h1,3-4,7H,2,5-6,8H2,(H,12,13). The molecule has 1 N–H and O–H groups in total. The van der Waals surface area contributed by atoms with Crippen LogP contribution in [0.15, 0.2) is 24.5 Å². The molecule has 1 aromatic heterocycles. The number of carbonyl (C=O) groups is 1. The number of nitrogens with zero attached hydrogens (tertiary/aromatic N) is 1. The summed E-state index contributed by atoms with van der Waals surface area (Å²) in [4.78, 5) is 14.1. The van der Waals surface area contributed by atoms with Crippen molar-refractivity contribution in [2.75, 3.05) is 18.1 Å². The summed E-state index contributed by atoms with van der Waals surface area (Å²) in [5.74, 6) is 0.938. The smallest absolute Gasteiger partial charge is 0.313 e. The second kappa shape index (κ2) is 7.11. The number of aromatic nitrogens is 1. The Morgan fingerprint density at radius 1 is 1.60 bits per heavy atom. The monoisotopic (exact) mass is 227 g/mol. The summed E-state index contributed by atoms with van der Waals surface area (Å²) in [6.07, 6.45) is 4.19. The van der Waals surface area contributed by atoms with E-state index in [-0.39, 0.29) is 5.75 Å². The minimum absolute atomic E-state index is 0.160. The predicted molar refractivity (Wildman–Crippen MR) is 59.3 cm³/mol. The van der Waals surface area contributed by atoms with Crippen LogP contribution in [0.4, 0.5) is 0 Å². The van der Waals surface area contributed by atoms with Gasteiger partial charge in [-0.2, -0.15) is 11.8 Å². The number of aliphatic carboxylic acids is 1. The van der Waals surface area contributed by atoms with Crippen molar-refractivity contribution in [3.05, 3.63) is 24.5 Å². The highest BCUT2D eigenvalue weighted by molar-refractivity contribution is 7.99. The van der Waals surface area contributed by atoms with Crippen LogP contribution in [-0.2, 0) is 4.79 Å². The molecule has 0 aliphatic carbocycles. The van der Waals surface area contributed by atoms with E-state index in [4.69, 9.17) is 9.84 Å². The van der Waals surface area contributed by atoms with Crippen LogP contribution in [0.2, 0.25) is 0 Å². The Morgan fingerprint density at radius 2 is 2.47 bits per heavy atom. The van der Waals surface area contributed by atoms with Gasteiger partial charge in [-0.3, -0.25) is 9.78 Å². The van der Waals surface area contributed by atoms with Crippen LogP contribution in [0.1, 0.15) is 6.42 Å². The molecule has 1 heterocycles. The second-order valence-electron chi connectivity index (χ2n) is 2.84. The Morgan fingerprint density at radius 3 is 3.13 bits per heavy atom. The lowest BCUT2D eigenvalue weighted by Crippen LogP contribution is -2.02. The molecule has 0 aromatic carbocycles. The summed E-state index contributed by atoms with van der Waals surface area (Å²) >= 11 is 1.40. The fraction of sp³-hybridized carbons (Fsp3) is 0.400. The minimum Gasteiger partial charge on any atom is -0.492 e. The van der Waals surface area contributed by atoms with Crippen LogP contribution in [0.5, 0.6) is 5.75 Å². The lowest BCUT2D eigenvalue weighted by molar-refractivity contribution is -0.133. The molecule has 0 unspecified atom stereocenters. The SMILES string of the molecule is O=C(O)CSCCCOc1cccnc1. The van der Waals surface area contributed by atoms with Gasteiger partial charge in [0.2, 0.25) is 0 Å². The van der Waals surface area contributed by atoms with Crippen molar-refractivity contribution in [3.8, 4) is 5.75 Å². The molecule has 0 amide bonds. The second-order valence-corrected chi connectivity index (χ2v) is 3.94. The van der Waals surface area contributed by atoms with Gasteiger partial charge in [-0.1, -0.05) is 0 Å². The van der Waals surface area contributed by atoms with E-state index >= 15 is 0 Å². The molecule has 82 valence electrons. The maximum absolute atomic E-state index is 10.2. The van der Waals surface area contributed by atoms with Gasteiger partial charge in [0.1, 0.15) is 5.75 Å². The van der Waals surface area contributed by atoms with Crippen molar-refractivity contribution >= 4 is 17.7 Å². The quantitative estimate of drug-likeness (QED) is 0.718. The molecule has 0 aliphatic rings. The number of hydrogen-bond acceptors (Lipinski definition) is 4. The summed E-state index contributed by atoms with van der Waals surface area (Å²) in [7, 11) is 0. The molecular weight excluding hydrogens is 214 g/mol. The van der Waals surface area contributed by atoms with Crippen molar-refractivity contribution in [2.24, 2.45) is 0 Å². The van der Waals surface area contributed by atoms with Crippen LogP contribution < -0.4 is 4.74 Å². The van der Waals surface area contributed by atoms with Crippen LogP contribution in [0, 0.1) is 0 Å². The molecular formula is C10H13NO3S. The Labute approximate surface area is 92.7 Å². The number of rotatable bonds is 7. The third-order valence-electron chi connectivity index (χ3n) is 1.56. The van der Waals surface area contributed by atoms with Crippen molar-refractivity contribution in [3.63, 3.8) is 0 Å². The van der Waals surface area contributed by atoms with Gasteiger partial charge >= 0.3 is 5.97 Å². The Kier molecular flexibility index (Phi) is 5.62. The maximum Gasteiger partial charge on any atom is 0.313 e. The number of carboxylic acids is 1. The Bertz CT molecular complexity index is 292. The number of pyridine rings is 1. The first kappa shape index (κ1) is 11.8. The number of thioether (sulfide) groups is 1. The van der Waals surface area contributed by atoms with Crippen molar-refractivity contribution in [2.45, 2.75) is 6.42 Å². The number of carboxylic acid groups (broad SMARTS) is 1. The van der Waals surface area contributed by atoms with E-state index < -0.39 is 5.97 Å². The molecule has 0 aliphatic heterocycles. The van der Waals surface area contributed by atoms with Crippen LogP contribution >= 0.6 is 11.8 Å². The first-order valence-corrected chi connectivity index (χ1v) is 5.77. The van der Waals surface area contributed by atoms with Gasteiger partial charge in [0.05, 0.1) is 18.6 Å². The molecule has 0 fully saturated rings. The van der Waals surface area contributed by atoms with Crippen molar-refractivity contribution in [1.82, 2.24) is 4.98 Å². The van der Waals surface area contributed by atoms with Crippen molar-refractivity contribution in [1.29, 1.82) is 0 Å². The molecule has 15 heavy (non-hydrogen) atoms. The molecule has 0 spiro atoms. The Balaban J connectivity index is 2.00. The molecule has 4 nitrogen and oxygen atoms in total. The average Bonchev–Trinajstić information content (AvgIpc) is 2.24. The highest BCUT2D eigenvalue weighted by Crippen LogP contribution is 2.07. The van der Waals surface area contributed by atoms with Gasteiger partial charge in [-0.15, -0.1) is 0 Å². The molecule has 5 heteroatoms. The van der Waals surface area contributed by atoms with Crippen LogP contribution in [0.3, 0.4) is 0 Å². The molecule has 1 rings (SSSR count).